The van der Waals surface area contributed by atoms with Gasteiger partial charge >= 0.3 is 11.9 Å². The summed E-state index contributed by atoms with van der Waals surface area (Å²) < 4.78 is 25.4. The lowest BCUT2D eigenvalue weighted by atomic mass is 9.43. The molecular formula is C31H48O6. The van der Waals surface area contributed by atoms with Gasteiger partial charge in [-0.05, 0) is 86.4 Å². The summed E-state index contributed by atoms with van der Waals surface area (Å²) in [6, 6.07) is 0. The number of hydrogen-bond donors (Lipinski definition) is 0. The minimum absolute atomic E-state index is 0.0553. The standard InChI is InChI=1S/C31H48O6/c1-17-9-12-31(34-16-17)18(2)28-26(37-31)14-25-23-8-7-21-13-22(35-19(3)32)10-11-29(21,5)24(23)15-27(30(25,28)6)36-20(4)33/h17-18,21-28H,7-16H2,1-6H3/t17?,18-,21-,22?,23?,24?,25?,26?,27?,28?,29?,30?,31+/m0/s1. The van der Waals surface area contributed by atoms with Crippen LogP contribution in [0.4, 0.5) is 0 Å². The molecule has 0 N–H and O–H groups in total. The van der Waals surface area contributed by atoms with Gasteiger partial charge in [0.2, 0.25) is 0 Å². The summed E-state index contributed by atoms with van der Waals surface area (Å²) in [5, 5.41) is 0. The number of carbonyl (C=O) groups excluding carboxylic acids is 2. The number of ether oxygens (including phenoxy) is 4. The molecule has 208 valence electrons. The zero-order valence-corrected chi connectivity index (χ0v) is 23.8. The highest BCUT2D eigenvalue weighted by atomic mass is 16.7. The molecule has 6 fully saturated rings. The van der Waals surface area contributed by atoms with Crippen LogP contribution in [-0.4, -0.2) is 42.6 Å². The fourth-order valence-electron chi connectivity index (χ4n) is 10.9. The van der Waals surface area contributed by atoms with E-state index >= 15 is 0 Å². The lowest BCUT2D eigenvalue weighted by molar-refractivity contribution is -0.274. The molecule has 2 heterocycles. The molecule has 2 aliphatic heterocycles. The quantitative estimate of drug-likeness (QED) is 0.425. The predicted molar refractivity (Wildman–Crippen MR) is 138 cm³/mol. The maximum absolute atomic E-state index is 12.5. The van der Waals surface area contributed by atoms with Crippen LogP contribution in [0.3, 0.4) is 0 Å². The summed E-state index contributed by atoms with van der Waals surface area (Å²) in [6.45, 7) is 13.4. The molecule has 6 nitrogen and oxygen atoms in total. The smallest absolute Gasteiger partial charge is 0.302 e. The van der Waals surface area contributed by atoms with Gasteiger partial charge in [-0.1, -0.05) is 27.7 Å². The Balaban J connectivity index is 1.30. The zero-order valence-electron chi connectivity index (χ0n) is 23.8. The van der Waals surface area contributed by atoms with Gasteiger partial charge in [-0.2, -0.15) is 0 Å². The highest BCUT2D eigenvalue weighted by molar-refractivity contribution is 5.66. The molecular weight excluding hydrogens is 468 g/mol. The van der Waals surface area contributed by atoms with E-state index in [1.807, 2.05) is 0 Å². The zero-order chi connectivity index (χ0) is 26.3. The Morgan fingerprint density at radius 3 is 2.30 bits per heavy atom. The average Bonchev–Trinajstić information content (AvgIpc) is 3.27. The third-order valence-electron chi connectivity index (χ3n) is 12.6. The lowest BCUT2D eigenvalue weighted by Gasteiger charge is -2.62. The Bertz CT molecular complexity index is 925. The predicted octanol–water partition coefficient (Wildman–Crippen LogP) is 5.91. The number of esters is 2. The van der Waals surface area contributed by atoms with Crippen molar-refractivity contribution in [3.8, 4) is 0 Å². The van der Waals surface area contributed by atoms with Crippen molar-refractivity contribution in [3.63, 3.8) is 0 Å². The van der Waals surface area contributed by atoms with Crippen molar-refractivity contribution >= 4 is 11.9 Å². The van der Waals surface area contributed by atoms with E-state index in [4.69, 9.17) is 18.9 Å². The van der Waals surface area contributed by atoms with E-state index < -0.39 is 5.79 Å². The van der Waals surface area contributed by atoms with E-state index in [-0.39, 0.29) is 41.1 Å². The van der Waals surface area contributed by atoms with Crippen LogP contribution >= 0.6 is 0 Å². The molecule has 37 heavy (non-hydrogen) atoms. The molecule has 0 amide bonds. The molecule has 0 aromatic carbocycles. The number of fused-ring (bicyclic) bond motifs is 7. The minimum Gasteiger partial charge on any atom is -0.463 e. The van der Waals surface area contributed by atoms with Crippen molar-refractivity contribution < 1.29 is 28.5 Å². The molecule has 1 spiro atoms. The molecule has 6 rings (SSSR count). The Morgan fingerprint density at radius 1 is 0.865 bits per heavy atom. The van der Waals surface area contributed by atoms with Crippen molar-refractivity contribution in [2.45, 2.75) is 123 Å². The van der Waals surface area contributed by atoms with Crippen LogP contribution in [-0.2, 0) is 28.5 Å². The summed E-state index contributed by atoms with van der Waals surface area (Å²) in [7, 11) is 0. The summed E-state index contributed by atoms with van der Waals surface area (Å²) in [5.74, 6) is 2.66. The van der Waals surface area contributed by atoms with Crippen LogP contribution in [0.5, 0.6) is 0 Å². The van der Waals surface area contributed by atoms with E-state index in [9.17, 15) is 9.59 Å². The van der Waals surface area contributed by atoms with Crippen LogP contribution in [0.15, 0.2) is 0 Å². The third-order valence-corrected chi connectivity index (χ3v) is 12.6. The first-order chi connectivity index (χ1) is 17.5. The lowest BCUT2D eigenvalue weighted by Crippen LogP contribution is -2.60. The maximum atomic E-state index is 12.5. The second-order valence-electron chi connectivity index (χ2n) is 14.3. The van der Waals surface area contributed by atoms with Gasteiger partial charge in [0.15, 0.2) is 5.79 Å². The van der Waals surface area contributed by atoms with Crippen LogP contribution in [0.2, 0.25) is 0 Å². The molecule has 2 saturated heterocycles. The first-order valence-corrected chi connectivity index (χ1v) is 15.1. The van der Waals surface area contributed by atoms with Crippen LogP contribution in [0, 0.1) is 52.3 Å². The number of carbonyl (C=O) groups is 2. The molecule has 13 atom stereocenters. The highest BCUT2D eigenvalue weighted by Crippen LogP contribution is 2.71. The third kappa shape index (κ3) is 3.85. The molecule has 4 saturated carbocycles. The van der Waals surface area contributed by atoms with Crippen molar-refractivity contribution in [3.05, 3.63) is 0 Å². The highest BCUT2D eigenvalue weighted by Gasteiger charge is 2.72. The van der Waals surface area contributed by atoms with Crippen LogP contribution in [0.25, 0.3) is 0 Å². The normalized spacial score (nSPS) is 54.5. The number of hydrogen-bond acceptors (Lipinski definition) is 6. The summed E-state index contributed by atoms with van der Waals surface area (Å²) in [5.41, 5.74) is 0.109. The fraction of sp³-hybridized carbons (Fsp3) is 0.935. The Morgan fingerprint density at radius 2 is 1.62 bits per heavy atom. The Hall–Kier alpha value is -1.14. The van der Waals surface area contributed by atoms with Gasteiger partial charge in [0.25, 0.3) is 0 Å². The monoisotopic (exact) mass is 516 g/mol. The molecule has 4 aliphatic carbocycles. The van der Waals surface area contributed by atoms with Crippen molar-refractivity contribution in [1.82, 2.24) is 0 Å². The van der Waals surface area contributed by atoms with E-state index in [0.717, 1.165) is 51.6 Å². The van der Waals surface area contributed by atoms with Crippen molar-refractivity contribution in [2.75, 3.05) is 6.61 Å². The first kappa shape index (κ1) is 26.1. The van der Waals surface area contributed by atoms with Gasteiger partial charge < -0.3 is 18.9 Å². The molecule has 0 aromatic heterocycles. The average molecular weight is 517 g/mol. The van der Waals surface area contributed by atoms with Gasteiger partial charge in [-0.3, -0.25) is 9.59 Å². The molecule has 0 radical (unpaired) electrons. The maximum Gasteiger partial charge on any atom is 0.302 e. The largest absolute Gasteiger partial charge is 0.463 e. The topological polar surface area (TPSA) is 71.1 Å². The second kappa shape index (κ2) is 8.94. The van der Waals surface area contributed by atoms with E-state index in [1.54, 1.807) is 6.92 Å². The van der Waals surface area contributed by atoms with Crippen LogP contribution < -0.4 is 0 Å². The van der Waals surface area contributed by atoms with E-state index in [0.29, 0.717) is 41.4 Å². The first-order valence-electron chi connectivity index (χ1n) is 15.1. The van der Waals surface area contributed by atoms with E-state index in [2.05, 4.69) is 27.7 Å². The van der Waals surface area contributed by atoms with Gasteiger partial charge in [-0.25, -0.2) is 0 Å². The SMILES string of the molecule is CC(=O)OC1CCC2(C)C3CC(OC(C)=O)C4(C)C(CC5O[C@]6(CCC(C)CO6)[C@@H](C)C54)C3CC[C@H]2C1. The molecule has 0 aromatic rings. The summed E-state index contributed by atoms with van der Waals surface area (Å²) in [4.78, 5) is 24.1. The Kier molecular flexibility index (Phi) is 6.31. The molecule has 6 aliphatic rings. The van der Waals surface area contributed by atoms with Gasteiger partial charge in [0.1, 0.15) is 12.2 Å². The van der Waals surface area contributed by atoms with Crippen LogP contribution in [0.1, 0.15) is 99.3 Å². The van der Waals surface area contributed by atoms with Gasteiger partial charge in [0.05, 0.1) is 12.7 Å². The fourth-order valence-corrected chi connectivity index (χ4v) is 10.9. The number of rotatable bonds is 2. The van der Waals surface area contributed by atoms with Gasteiger partial charge in [-0.15, -0.1) is 0 Å². The minimum atomic E-state index is -0.466. The Labute approximate surface area is 222 Å². The molecule has 10 unspecified atom stereocenters. The van der Waals surface area contributed by atoms with Crippen molar-refractivity contribution in [1.29, 1.82) is 0 Å². The van der Waals surface area contributed by atoms with Crippen molar-refractivity contribution in [2.24, 2.45) is 52.3 Å². The van der Waals surface area contributed by atoms with Gasteiger partial charge in [0, 0.05) is 37.5 Å². The second-order valence-corrected chi connectivity index (χ2v) is 14.3. The van der Waals surface area contributed by atoms with E-state index in [1.165, 1.54) is 19.8 Å². The molecule has 6 heteroatoms. The molecule has 0 bridgehead atoms. The summed E-state index contributed by atoms with van der Waals surface area (Å²) in [6.07, 6.45) is 9.70. The summed E-state index contributed by atoms with van der Waals surface area (Å²) >= 11 is 0.